The van der Waals surface area contributed by atoms with E-state index in [4.69, 9.17) is 13.5 Å². The van der Waals surface area contributed by atoms with Crippen LogP contribution in [0.1, 0.15) is 27.7 Å². The van der Waals surface area contributed by atoms with E-state index in [1.165, 1.54) is 11.8 Å². The SMILES string of the molecule is CS[C@]1(P(=O)(OC(C)C)OC(C)C)SCC=C[C@@H]1O[Si](C)(C)C. The zero-order valence-corrected chi connectivity index (χ0v) is 19.0. The monoisotopic (exact) mass is 398 g/mol. The minimum atomic E-state index is -3.41. The molecule has 0 unspecified atom stereocenters. The highest BCUT2D eigenvalue weighted by atomic mass is 32.2. The molecule has 1 heterocycles. The van der Waals surface area contributed by atoms with Gasteiger partial charge in [-0.3, -0.25) is 4.57 Å². The Bertz CT molecular complexity index is 451. The molecule has 4 nitrogen and oxygen atoms in total. The van der Waals surface area contributed by atoms with E-state index in [0.717, 1.165) is 5.75 Å². The lowest BCUT2D eigenvalue weighted by Gasteiger charge is -2.45. The average Bonchev–Trinajstić information content (AvgIpc) is 2.35. The molecule has 0 bridgehead atoms. The first-order chi connectivity index (χ1) is 10.5. The average molecular weight is 399 g/mol. The molecule has 0 aromatic carbocycles. The third-order valence-corrected chi connectivity index (χ3v) is 11.2. The highest BCUT2D eigenvalue weighted by Crippen LogP contribution is 2.73. The molecule has 8 heteroatoms. The van der Waals surface area contributed by atoms with Crippen molar-refractivity contribution in [1.82, 2.24) is 0 Å². The van der Waals surface area contributed by atoms with Crippen LogP contribution in [0.15, 0.2) is 12.2 Å². The zero-order valence-electron chi connectivity index (χ0n) is 15.5. The predicted octanol–water partition coefficient (Wildman–Crippen LogP) is 5.57. The minimum Gasteiger partial charge on any atom is -0.408 e. The van der Waals surface area contributed by atoms with Crippen molar-refractivity contribution in [3.63, 3.8) is 0 Å². The highest BCUT2D eigenvalue weighted by molar-refractivity contribution is 8.25. The normalized spacial score (nSPS) is 26.3. The fourth-order valence-corrected chi connectivity index (χ4v) is 9.52. The van der Waals surface area contributed by atoms with Gasteiger partial charge in [0.1, 0.15) is 0 Å². The van der Waals surface area contributed by atoms with Crippen LogP contribution in [0.5, 0.6) is 0 Å². The summed E-state index contributed by atoms with van der Waals surface area (Å²) in [5.74, 6) is 0.777. The van der Waals surface area contributed by atoms with Gasteiger partial charge in [0, 0.05) is 5.75 Å². The van der Waals surface area contributed by atoms with Crippen molar-refractivity contribution in [1.29, 1.82) is 0 Å². The van der Waals surface area contributed by atoms with Crippen LogP contribution in [0, 0.1) is 0 Å². The van der Waals surface area contributed by atoms with Crippen LogP contribution in [0.3, 0.4) is 0 Å². The topological polar surface area (TPSA) is 44.8 Å². The lowest BCUT2D eigenvalue weighted by atomic mass is 10.3. The Morgan fingerprint density at radius 2 is 1.74 bits per heavy atom. The maximum Gasteiger partial charge on any atom is 0.360 e. The second-order valence-corrected chi connectivity index (χ2v) is 16.8. The Balaban J connectivity index is 3.33. The molecule has 1 aliphatic rings. The summed E-state index contributed by atoms with van der Waals surface area (Å²) in [6.07, 6.45) is 5.44. The molecule has 0 saturated heterocycles. The van der Waals surface area contributed by atoms with Crippen LogP contribution in [0.4, 0.5) is 0 Å². The Kier molecular flexibility index (Phi) is 8.00. The van der Waals surface area contributed by atoms with Gasteiger partial charge in [-0.25, -0.2) is 0 Å². The van der Waals surface area contributed by atoms with Crippen LogP contribution in [-0.4, -0.2) is 42.5 Å². The van der Waals surface area contributed by atoms with E-state index in [9.17, 15) is 4.57 Å². The zero-order chi connectivity index (χ0) is 17.9. The molecular weight excluding hydrogens is 367 g/mol. The summed E-state index contributed by atoms with van der Waals surface area (Å²) in [5.41, 5.74) is 0. The first kappa shape index (κ1) is 21.8. The van der Waals surface area contributed by atoms with Crippen molar-refractivity contribution in [2.75, 3.05) is 12.0 Å². The first-order valence-electron chi connectivity index (χ1n) is 7.96. The Morgan fingerprint density at radius 3 is 2.13 bits per heavy atom. The van der Waals surface area contributed by atoms with Gasteiger partial charge in [-0.2, -0.15) is 0 Å². The van der Waals surface area contributed by atoms with Crippen molar-refractivity contribution in [2.24, 2.45) is 0 Å². The van der Waals surface area contributed by atoms with Crippen LogP contribution in [0.2, 0.25) is 19.6 Å². The van der Waals surface area contributed by atoms with Crippen LogP contribution in [0.25, 0.3) is 0 Å². The fraction of sp³-hybridized carbons (Fsp3) is 0.867. The minimum absolute atomic E-state index is 0.178. The molecule has 0 aliphatic carbocycles. The number of hydrogen-bond donors (Lipinski definition) is 0. The van der Waals surface area contributed by atoms with E-state index in [1.54, 1.807) is 11.8 Å². The molecule has 23 heavy (non-hydrogen) atoms. The molecule has 0 N–H and O–H groups in total. The van der Waals surface area contributed by atoms with Crippen molar-refractivity contribution in [2.45, 2.75) is 69.5 Å². The van der Waals surface area contributed by atoms with Gasteiger partial charge in [-0.1, -0.05) is 12.2 Å². The fourth-order valence-electron chi connectivity index (χ4n) is 2.29. The van der Waals surface area contributed by atoms with E-state index in [2.05, 4.69) is 25.7 Å². The smallest absolute Gasteiger partial charge is 0.360 e. The molecule has 1 aliphatic heterocycles. The van der Waals surface area contributed by atoms with Gasteiger partial charge >= 0.3 is 7.60 Å². The summed E-state index contributed by atoms with van der Waals surface area (Å²) in [4.78, 5) is 0. The quantitative estimate of drug-likeness (QED) is 0.303. The Morgan fingerprint density at radius 1 is 1.22 bits per heavy atom. The second-order valence-electron chi connectivity index (χ2n) is 7.03. The van der Waals surface area contributed by atoms with Crippen molar-refractivity contribution < 1.29 is 18.0 Å². The van der Waals surface area contributed by atoms with Crippen molar-refractivity contribution >= 4 is 39.4 Å². The molecule has 1 rings (SSSR count). The maximum absolute atomic E-state index is 13.9. The molecule has 136 valence electrons. The number of rotatable bonds is 8. The third kappa shape index (κ3) is 5.63. The summed E-state index contributed by atoms with van der Waals surface area (Å²) in [6, 6.07) is 0. The van der Waals surface area contributed by atoms with Gasteiger partial charge in [0.25, 0.3) is 0 Å². The lowest BCUT2D eigenvalue weighted by Crippen LogP contribution is -2.45. The lowest BCUT2D eigenvalue weighted by molar-refractivity contribution is 0.128. The largest absolute Gasteiger partial charge is 0.408 e. The molecular formula is C15H31O4PS2Si. The van der Waals surface area contributed by atoms with Gasteiger partial charge in [0.05, 0.1) is 18.3 Å². The van der Waals surface area contributed by atoms with Crippen LogP contribution in [-0.2, 0) is 18.0 Å². The first-order valence-corrected chi connectivity index (χ1v) is 15.1. The number of hydrogen-bond acceptors (Lipinski definition) is 6. The summed E-state index contributed by atoms with van der Waals surface area (Å²) in [6.45, 7) is 14.0. The van der Waals surface area contributed by atoms with E-state index in [0.29, 0.717) is 0 Å². The predicted molar refractivity (Wildman–Crippen MR) is 106 cm³/mol. The van der Waals surface area contributed by atoms with Gasteiger partial charge in [-0.15, -0.1) is 23.5 Å². The van der Waals surface area contributed by atoms with E-state index >= 15 is 0 Å². The van der Waals surface area contributed by atoms with Gasteiger partial charge in [0.2, 0.25) is 0 Å². The van der Waals surface area contributed by atoms with Gasteiger partial charge in [0.15, 0.2) is 12.1 Å². The Hall–Kier alpha value is 0.767. The summed E-state index contributed by atoms with van der Waals surface area (Å²) in [5, 5.41) is 0. The Labute approximate surface area is 151 Å². The summed E-state index contributed by atoms with van der Waals surface area (Å²) in [7, 11) is -5.23. The maximum atomic E-state index is 13.9. The highest BCUT2D eigenvalue weighted by Gasteiger charge is 2.59. The van der Waals surface area contributed by atoms with Crippen LogP contribution >= 0.6 is 31.1 Å². The second kappa shape index (κ2) is 8.43. The standard InChI is InChI=1S/C15H31O4PS2Si/c1-12(2)17-20(16,18-13(3)4)15(21-5)14(10-9-11-22-15)19-23(6,7)8/h9-10,12-14H,11H2,1-8H3/t14-,15-/m0/s1. The van der Waals surface area contributed by atoms with Crippen molar-refractivity contribution in [3.05, 3.63) is 12.2 Å². The van der Waals surface area contributed by atoms with Crippen LogP contribution < -0.4 is 0 Å². The van der Waals surface area contributed by atoms with Gasteiger partial charge < -0.3 is 13.5 Å². The summed E-state index contributed by atoms with van der Waals surface area (Å²) < 4.78 is 31.3. The molecule has 0 aromatic rings. The molecule has 2 atom stereocenters. The number of thioether (sulfide) groups is 2. The molecule has 0 fully saturated rings. The van der Waals surface area contributed by atoms with E-state index < -0.39 is 19.7 Å². The van der Waals surface area contributed by atoms with Gasteiger partial charge in [-0.05, 0) is 53.6 Å². The molecule has 0 amide bonds. The van der Waals surface area contributed by atoms with Crippen molar-refractivity contribution in [3.8, 4) is 0 Å². The molecule has 0 saturated carbocycles. The van der Waals surface area contributed by atoms with E-state index in [-0.39, 0.29) is 18.3 Å². The molecule has 0 radical (unpaired) electrons. The third-order valence-electron chi connectivity index (χ3n) is 2.91. The molecule has 0 spiro atoms. The summed E-state index contributed by atoms with van der Waals surface area (Å²) >= 11 is 3.14. The van der Waals surface area contributed by atoms with E-state index in [1.807, 2.05) is 40.0 Å². The molecule has 0 aromatic heterocycles.